The highest BCUT2D eigenvalue weighted by Gasteiger charge is 2.13. The average Bonchev–Trinajstić information content (AvgIpc) is 2.49. The Bertz CT molecular complexity index is 494. The fraction of sp³-hybridized carbons (Fsp3) is 0.385. The van der Waals surface area contributed by atoms with E-state index in [1.54, 1.807) is 0 Å². The number of hydrogen-bond donors (Lipinski definition) is 0. The van der Waals surface area contributed by atoms with Gasteiger partial charge in [-0.2, -0.15) is 10.5 Å². The van der Waals surface area contributed by atoms with Crippen molar-refractivity contribution in [1.82, 2.24) is 0 Å². The molecule has 1 aliphatic carbocycles. The van der Waals surface area contributed by atoms with Crippen molar-refractivity contribution in [2.45, 2.75) is 19.8 Å². The van der Waals surface area contributed by atoms with Crippen LogP contribution in [-0.4, -0.2) is 6.61 Å². The second-order valence-corrected chi connectivity index (χ2v) is 4.51. The molecule has 0 aromatic carbocycles. The van der Waals surface area contributed by atoms with Crippen LogP contribution in [0.15, 0.2) is 21.9 Å². The summed E-state index contributed by atoms with van der Waals surface area (Å²) in [6, 6.07) is 4.05. The molecule has 3 nitrogen and oxygen atoms in total. The zero-order valence-electron chi connectivity index (χ0n) is 9.46. The van der Waals surface area contributed by atoms with Gasteiger partial charge in [0.1, 0.15) is 6.07 Å². The maximum absolute atomic E-state index is 8.72. The predicted molar refractivity (Wildman–Crippen MR) is 67.4 cm³/mol. The van der Waals surface area contributed by atoms with E-state index in [-0.39, 0.29) is 12.5 Å². The number of rotatable bonds is 4. The Hall–Kier alpha value is -1.70. The van der Waals surface area contributed by atoms with Crippen LogP contribution in [0.4, 0.5) is 0 Å². The number of nitrogens with zero attached hydrogens (tertiary/aromatic N) is 2. The molecule has 1 atom stereocenters. The average molecular weight is 291 g/mol. The largest absolute Gasteiger partial charge is 0.471 e. The third-order valence-corrected chi connectivity index (χ3v) is 3.01. The third kappa shape index (κ3) is 3.99. The summed E-state index contributed by atoms with van der Waals surface area (Å²) in [6.07, 6.45) is 2.84. The van der Waals surface area contributed by atoms with Crippen LogP contribution < -0.4 is 0 Å². The minimum Gasteiger partial charge on any atom is -0.471 e. The number of allylic oxidation sites excluding steroid dienone is 4. The van der Waals surface area contributed by atoms with Gasteiger partial charge in [0.2, 0.25) is 0 Å². The van der Waals surface area contributed by atoms with E-state index >= 15 is 0 Å². The fourth-order valence-electron chi connectivity index (χ4n) is 1.41. The summed E-state index contributed by atoms with van der Waals surface area (Å²) in [5.74, 6) is 6.39. The Balaban J connectivity index is 2.94. The molecule has 17 heavy (non-hydrogen) atoms. The van der Waals surface area contributed by atoms with Gasteiger partial charge in [-0.15, -0.1) is 0 Å². The van der Waals surface area contributed by atoms with E-state index < -0.39 is 0 Å². The van der Waals surface area contributed by atoms with Crippen LogP contribution in [0.25, 0.3) is 0 Å². The molecule has 1 aliphatic rings. The van der Waals surface area contributed by atoms with E-state index in [1.807, 2.05) is 19.1 Å². The molecule has 0 fully saturated rings. The standard InChI is InChI=1S/C13H11BrN2O/c1-10(5-6-15)12-9-11(17-8-7-16)3-2-4-13(12)14/h9-10H,4-5,8H2,1H3/t10-/m1/s1. The topological polar surface area (TPSA) is 56.8 Å². The Morgan fingerprint density at radius 3 is 2.94 bits per heavy atom. The highest BCUT2D eigenvalue weighted by molar-refractivity contribution is 9.11. The first-order valence-corrected chi connectivity index (χ1v) is 5.94. The zero-order chi connectivity index (χ0) is 12.7. The molecular formula is C13H11BrN2O. The summed E-state index contributed by atoms with van der Waals surface area (Å²) in [5.41, 5.74) is 0.997. The van der Waals surface area contributed by atoms with Crippen LogP contribution in [0.1, 0.15) is 19.8 Å². The molecule has 4 heteroatoms. The minimum atomic E-state index is -0.0158. The lowest BCUT2D eigenvalue weighted by Crippen LogP contribution is -2.00. The van der Waals surface area contributed by atoms with Crippen molar-refractivity contribution >= 4 is 15.9 Å². The molecule has 0 aromatic rings. The minimum absolute atomic E-state index is 0.0158. The maximum Gasteiger partial charge on any atom is 0.175 e. The van der Waals surface area contributed by atoms with Crippen LogP contribution >= 0.6 is 15.9 Å². The van der Waals surface area contributed by atoms with Gasteiger partial charge >= 0.3 is 0 Å². The molecule has 0 saturated heterocycles. The first-order chi connectivity index (χ1) is 8.19. The van der Waals surface area contributed by atoms with Gasteiger partial charge in [0.25, 0.3) is 0 Å². The Kier molecular flexibility index (Phi) is 5.34. The summed E-state index contributed by atoms with van der Waals surface area (Å²) in [6.45, 7) is 1.96. The molecule has 0 unspecified atom stereocenters. The van der Waals surface area contributed by atoms with Crippen molar-refractivity contribution < 1.29 is 4.74 Å². The van der Waals surface area contributed by atoms with Crippen molar-refractivity contribution in [2.24, 2.45) is 5.92 Å². The maximum atomic E-state index is 8.72. The van der Waals surface area contributed by atoms with E-state index in [2.05, 4.69) is 33.8 Å². The second-order valence-electron chi connectivity index (χ2n) is 3.56. The van der Waals surface area contributed by atoms with Crippen LogP contribution in [-0.2, 0) is 4.74 Å². The van der Waals surface area contributed by atoms with Crippen molar-refractivity contribution in [1.29, 1.82) is 10.5 Å². The normalized spacial score (nSPS) is 15.6. The van der Waals surface area contributed by atoms with Crippen molar-refractivity contribution in [3.05, 3.63) is 21.9 Å². The summed E-state index contributed by atoms with van der Waals surface area (Å²) >= 11 is 3.47. The third-order valence-electron chi connectivity index (χ3n) is 2.28. The first-order valence-electron chi connectivity index (χ1n) is 5.14. The quantitative estimate of drug-likeness (QED) is 0.748. The molecule has 0 radical (unpaired) electrons. The van der Waals surface area contributed by atoms with E-state index in [0.717, 1.165) is 10.1 Å². The monoisotopic (exact) mass is 290 g/mol. The predicted octanol–water partition coefficient (Wildman–Crippen LogP) is 3.02. The van der Waals surface area contributed by atoms with Gasteiger partial charge in [0.15, 0.2) is 12.4 Å². The fourth-order valence-corrected chi connectivity index (χ4v) is 2.06. The van der Waals surface area contributed by atoms with E-state index in [0.29, 0.717) is 18.6 Å². The number of halogens is 1. The first kappa shape index (κ1) is 13.4. The molecule has 0 saturated carbocycles. The molecule has 1 rings (SSSR count). The lowest BCUT2D eigenvalue weighted by molar-refractivity contribution is 0.269. The lowest BCUT2D eigenvalue weighted by atomic mass is 9.97. The lowest BCUT2D eigenvalue weighted by Gasteiger charge is -2.11. The number of nitriles is 2. The van der Waals surface area contributed by atoms with Gasteiger partial charge in [0.05, 0.1) is 6.07 Å². The molecular weight excluding hydrogens is 280 g/mol. The molecule has 0 heterocycles. The van der Waals surface area contributed by atoms with E-state index in [9.17, 15) is 0 Å². The van der Waals surface area contributed by atoms with E-state index in [4.69, 9.17) is 15.3 Å². The SMILES string of the molecule is C[C@H](CC#N)C1=C(Br)CC#CC(OCC#N)=C1. The van der Waals surface area contributed by atoms with E-state index in [1.165, 1.54) is 0 Å². The van der Waals surface area contributed by atoms with Crippen molar-refractivity contribution in [2.75, 3.05) is 6.61 Å². The molecule has 0 N–H and O–H groups in total. The number of ether oxygens (including phenoxy) is 1. The molecule has 0 spiro atoms. The van der Waals surface area contributed by atoms with Gasteiger partial charge in [-0.1, -0.05) is 28.8 Å². The van der Waals surface area contributed by atoms with Crippen molar-refractivity contribution in [3.63, 3.8) is 0 Å². The Morgan fingerprint density at radius 2 is 2.29 bits per heavy atom. The highest BCUT2D eigenvalue weighted by atomic mass is 79.9. The molecule has 0 aromatic heterocycles. The highest BCUT2D eigenvalue weighted by Crippen LogP contribution is 2.28. The van der Waals surface area contributed by atoms with Gasteiger partial charge in [-0.25, -0.2) is 0 Å². The Labute approximate surface area is 109 Å². The molecule has 86 valence electrons. The summed E-state index contributed by atoms with van der Waals surface area (Å²) < 4.78 is 6.18. The molecule has 0 aliphatic heterocycles. The van der Waals surface area contributed by atoms with Crippen LogP contribution in [0, 0.1) is 40.4 Å². The van der Waals surface area contributed by atoms with Crippen molar-refractivity contribution in [3.8, 4) is 24.0 Å². The van der Waals surface area contributed by atoms with Gasteiger partial charge in [0, 0.05) is 17.3 Å². The van der Waals surface area contributed by atoms with Gasteiger partial charge in [-0.05, 0) is 23.5 Å². The van der Waals surface area contributed by atoms with Crippen LogP contribution in [0.5, 0.6) is 0 Å². The zero-order valence-corrected chi connectivity index (χ0v) is 11.0. The van der Waals surface area contributed by atoms with Gasteiger partial charge < -0.3 is 4.74 Å². The molecule has 0 bridgehead atoms. The van der Waals surface area contributed by atoms with Crippen LogP contribution in [0.2, 0.25) is 0 Å². The Morgan fingerprint density at radius 1 is 1.53 bits per heavy atom. The molecule has 0 amide bonds. The number of hydrogen-bond acceptors (Lipinski definition) is 3. The van der Waals surface area contributed by atoms with Crippen LogP contribution in [0.3, 0.4) is 0 Å². The smallest absolute Gasteiger partial charge is 0.175 e. The summed E-state index contributed by atoms with van der Waals surface area (Å²) in [7, 11) is 0. The summed E-state index contributed by atoms with van der Waals surface area (Å²) in [4.78, 5) is 0. The van der Waals surface area contributed by atoms with Gasteiger partial charge in [-0.3, -0.25) is 0 Å². The second kappa shape index (κ2) is 6.79. The summed E-state index contributed by atoms with van der Waals surface area (Å²) in [5, 5.41) is 17.2.